The first-order valence-electron chi connectivity index (χ1n) is 7.40. The van der Waals surface area contributed by atoms with Gasteiger partial charge >= 0.3 is 0 Å². The third-order valence-corrected chi connectivity index (χ3v) is 5.08. The topological polar surface area (TPSA) is 79.3 Å². The molecule has 1 heterocycles. The SMILES string of the molecule is CNCCCn1cc(S(=O)(=O)NCCN(C)C2CC2)cn1. The average molecular weight is 315 g/mol. The zero-order chi connectivity index (χ0) is 15.3. The molecule has 2 N–H and O–H groups in total. The number of nitrogens with one attached hydrogen (secondary N) is 2. The molecule has 0 aromatic carbocycles. The third kappa shape index (κ3) is 5.06. The predicted octanol–water partition coefficient (Wildman–Crippen LogP) is -0.135. The molecule has 0 saturated heterocycles. The van der Waals surface area contributed by atoms with E-state index in [4.69, 9.17) is 0 Å². The first-order valence-corrected chi connectivity index (χ1v) is 8.88. The Kier molecular flexibility index (Phi) is 5.74. The van der Waals surface area contributed by atoms with E-state index in [0.29, 0.717) is 19.1 Å². The summed E-state index contributed by atoms with van der Waals surface area (Å²) in [4.78, 5) is 2.44. The standard InChI is InChI=1S/C13H25N5O2S/c1-14-6-3-8-18-11-13(10-15-18)21(19,20)16-7-9-17(2)12-4-5-12/h10-12,14,16H,3-9H2,1-2H3. The molecule has 1 saturated carbocycles. The molecule has 0 bridgehead atoms. The fourth-order valence-electron chi connectivity index (χ4n) is 2.16. The Morgan fingerprint density at radius 2 is 2.19 bits per heavy atom. The molecular weight excluding hydrogens is 290 g/mol. The zero-order valence-corrected chi connectivity index (χ0v) is 13.6. The van der Waals surface area contributed by atoms with Crippen LogP contribution in [0.2, 0.25) is 0 Å². The molecule has 0 aliphatic heterocycles. The number of aromatic nitrogens is 2. The molecule has 120 valence electrons. The van der Waals surface area contributed by atoms with E-state index in [0.717, 1.165) is 19.5 Å². The van der Waals surface area contributed by atoms with Gasteiger partial charge in [0.05, 0.1) is 6.20 Å². The van der Waals surface area contributed by atoms with Crippen molar-refractivity contribution in [1.29, 1.82) is 0 Å². The number of rotatable bonds is 10. The molecule has 1 aliphatic carbocycles. The van der Waals surface area contributed by atoms with Gasteiger partial charge in [0, 0.05) is 31.9 Å². The maximum Gasteiger partial charge on any atom is 0.243 e. The van der Waals surface area contributed by atoms with Crippen LogP contribution in [0.5, 0.6) is 0 Å². The van der Waals surface area contributed by atoms with Gasteiger partial charge in [0.2, 0.25) is 10.0 Å². The van der Waals surface area contributed by atoms with E-state index in [1.807, 2.05) is 14.1 Å². The van der Waals surface area contributed by atoms with Gasteiger partial charge in [0.15, 0.2) is 0 Å². The Bertz CT molecular complexity index is 539. The molecule has 0 unspecified atom stereocenters. The van der Waals surface area contributed by atoms with Crippen LogP contribution in [0.4, 0.5) is 0 Å². The minimum absolute atomic E-state index is 0.237. The molecule has 8 heteroatoms. The minimum atomic E-state index is -3.45. The van der Waals surface area contributed by atoms with Crippen molar-refractivity contribution in [3.8, 4) is 0 Å². The Morgan fingerprint density at radius 3 is 2.86 bits per heavy atom. The van der Waals surface area contributed by atoms with Crippen molar-refractivity contribution in [2.75, 3.05) is 33.7 Å². The van der Waals surface area contributed by atoms with Crippen molar-refractivity contribution in [1.82, 2.24) is 24.7 Å². The van der Waals surface area contributed by atoms with Crippen LogP contribution in [-0.4, -0.2) is 62.9 Å². The molecule has 0 atom stereocenters. The first kappa shape index (κ1) is 16.4. The number of sulfonamides is 1. The Morgan fingerprint density at radius 1 is 1.43 bits per heavy atom. The van der Waals surface area contributed by atoms with Gasteiger partial charge in [-0.05, 0) is 39.9 Å². The van der Waals surface area contributed by atoms with Crippen LogP contribution in [0.1, 0.15) is 19.3 Å². The summed E-state index contributed by atoms with van der Waals surface area (Å²) in [5.74, 6) is 0. The van der Waals surface area contributed by atoms with E-state index in [-0.39, 0.29) is 4.90 Å². The fourth-order valence-corrected chi connectivity index (χ4v) is 3.13. The first-order chi connectivity index (χ1) is 10.0. The van der Waals surface area contributed by atoms with Crippen LogP contribution in [0, 0.1) is 0 Å². The Balaban J connectivity index is 1.80. The number of nitrogens with zero attached hydrogens (tertiary/aromatic N) is 3. The fraction of sp³-hybridized carbons (Fsp3) is 0.769. The molecular formula is C13H25N5O2S. The molecule has 1 aromatic heterocycles. The van der Waals surface area contributed by atoms with Crippen LogP contribution in [0.15, 0.2) is 17.3 Å². The van der Waals surface area contributed by atoms with Gasteiger partial charge in [-0.15, -0.1) is 0 Å². The van der Waals surface area contributed by atoms with E-state index in [1.165, 1.54) is 19.0 Å². The lowest BCUT2D eigenvalue weighted by atomic mass is 10.4. The van der Waals surface area contributed by atoms with E-state index in [9.17, 15) is 8.42 Å². The average Bonchev–Trinajstić information content (AvgIpc) is 3.18. The molecule has 2 rings (SSSR count). The second-order valence-corrected chi connectivity index (χ2v) is 7.27. The smallest absolute Gasteiger partial charge is 0.243 e. The lowest BCUT2D eigenvalue weighted by molar-refractivity contribution is 0.329. The highest BCUT2D eigenvalue weighted by molar-refractivity contribution is 7.89. The van der Waals surface area contributed by atoms with Crippen molar-refractivity contribution in [2.24, 2.45) is 0 Å². The predicted molar refractivity (Wildman–Crippen MR) is 81.6 cm³/mol. The van der Waals surface area contributed by atoms with Crippen LogP contribution in [0.25, 0.3) is 0 Å². The maximum atomic E-state index is 12.1. The molecule has 1 fully saturated rings. The summed E-state index contributed by atoms with van der Waals surface area (Å²) in [6.07, 6.45) is 6.36. The number of likely N-dealkylation sites (N-methyl/N-ethyl adjacent to an activating group) is 1. The maximum absolute atomic E-state index is 12.1. The van der Waals surface area contributed by atoms with E-state index < -0.39 is 10.0 Å². The van der Waals surface area contributed by atoms with Gasteiger partial charge in [0.25, 0.3) is 0 Å². The van der Waals surface area contributed by atoms with Crippen molar-refractivity contribution in [3.05, 3.63) is 12.4 Å². The molecule has 21 heavy (non-hydrogen) atoms. The van der Waals surface area contributed by atoms with Gasteiger partial charge in [-0.3, -0.25) is 4.68 Å². The Hall–Kier alpha value is -0.960. The molecule has 0 radical (unpaired) electrons. The van der Waals surface area contributed by atoms with Gasteiger partial charge in [-0.25, -0.2) is 13.1 Å². The van der Waals surface area contributed by atoms with Crippen molar-refractivity contribution < 1.29 is 8.42 Å². The lowest BCUT2D eigenvalue weighted by Crippen LogP contribution is -2.33. The summed E-state index contributed by atoms with van der Waals surface area (Å²) in [7, 11) is 0.477. The lowest BCUT2D eigenvalue weighted by Gasteiger charge is -2.15. The second kappa shape index (κ2) is 7.35. The number of aryl methyl sites for hydroxylation is 1. The summed E-state index contributed by atoms with van der Waals surface area (Å²) >= 11 is 0. The minimum Gasteiger partial charge on any atom is -0.320 e. The molecule has 0 amide bonds. The van der Waals surface area contributed by atoms with Gasteiger partial charge in [-0.2, -0.15) is 5.10 Å². The van der Waals surface area contributed by atoms with Crippen LogP contribution in [-0.2, 0) is 16.6 Å². The molecule has 1 aromatic rings. The van der Waals surface area contributed by atoms with Crippen molar-refractivity contribution >= 4 is 10.0 Å². The van der Waals surface area contributed by atoms with Crippen molar-refractivity contribution in [3.63, 3.8) is 0 Å². The zero-order valence-electron chi connectivity index (χ0n) is 12.7. The van der Waals surface area contributed by atoms with E-state index in [2.05, 4.69) is 20.0 Å². The normalized spacial score (nSPS) is 15.8. The van der Waals surface area contributed by atoms with E-state index in [1.54, 1.807) is 10.9 Å². The van der Waals surface area contributed by atoms with Gasteiger partial charge in [-0.1, -0.05) is 0 Å². The van der Waals surface area contributed by atoms with Crippen LogP contribution < -0.4 is 10.0 Å². The van der Waals surface area contributed by atoms with Crippen LogP contribution in [0.3, 0.4) is 0 Å². The highest BCUT2D eigenvalue weighted by Crippen LogP contribution is 2.24. The highest BCUT2D eigenvalue weighted by atomic mass is 32.2. The largest absolute Gasteiger partial charge is 0.320 e. The molecule has 0 spiro atoms. The summed E-state index contributed by atoms with van der Waals surface area (Å²) in [5.41, 5.74) is 0. The number of hydrogen-bond donors (Lipinski definition) is 2. The third-order valence-electron chi connectivity index (χ3n) is 3.66. The van der Waals surface area contributed by atoms with E-state index >= 15 is 0 Å². The summed E-state index contributed by atoms with van der Waals surface area (Å²) < 4.78 is 28.6. The van der Waals surface area contributed by atoms with Gasteiger partial charge in [0.1, 0.15) is 4.90 Å². The van der Waals surface area contributed by atoms with Gasteiger partial charge < -0.3 is 10.2 Å². The Labute approximate surface area is 126 Å². The number of hydrogen-bond acceptors (Lipinski definition) is 5. The monoisotopic (exact) mass is 315 g/mol. The molecule has 1 aliphatic rings. The van der Waals surface area contributed by atoms with Crippen molar-refractivity contribution in [2.45, 2.75) is 36.7 Å². The quantitative estimate of drug-likeness (QED) is 0.588. The summed E-state index contributed by atoms with van der Waals surface area (Å²) in [6, 6.07) is 0.643. The summed E-state index contributed by atoms with van der Waals surface area (Å²) in [5, 5.41) is 7.15. The second-order valence-electron chi connectivity index (χ2n) is 5.51. The van der Waals surface area contributed by atoms with Crippen LogP contribution >= 0.6 is 0 Å². The molecule has 7 nitrogen and oxygen atoms in total. The summed E-state index contributed by atoms with van der Waals surface area (Å²) in [6.45, 7) is 2.76. The highest BCUT2D eigenvalue weighted by Gasteiger charge is 2.26.